The molecule has 5 nitrogen and oxygen atoms in total. The summed E-state index contributed by atoms with van der Waals surface area (Å²) in [6.45, 7) is 0.431. The molecule has 0 spiro atoms. The lowest BCUT2D eigenvalue weighted by molar-refractivity contribution is -0.124. The molecule has 0 aromatic rings. The van der Waals surface area contributed by atoms with Crippen LogP contribution in [-0.2, 0) is 9.53 Å². The number of carbonyl (C=O) groups is 1. The molecule has 0 radical (unpaired) electrons. The van der Waals surface area contributed by atoms with Gasteiger partial charge in [0.05, 0.1) is 0 Å². The summed E-state index contributed by atoms with van der Waals surface area (Å²) < 4.78 is 5.12. The Morgan fingerprint density at radius 2 is 2.08 bits per heavy atom. The topological polar surface area (TPSA) is 53.9 Å². The fourth-order valence-electron chi connectivity index (χ4n) is 0.701. The maximum atomic E-state index is 10.8. The van der Waals surface area contributed by atoms with Crippen molar-refractivity contribution >= 4 is 11.7 Å². The zero-order chi connectivity index (χ0) is 10.3. The number of hydrogen-bond donors (Lipinski definition) is 1. The van der Waals surface area contributed by atoms with Gasteiger partial charge in [0, 0.05) is 28.2 Å². The number of hydrogen-bond acceptors (Lipinski definition) is 3. The van der Waals surface area contributed by atoms with Gasteiger partial charge in [0.1, 0.15) is 19.0 Å². The van der Waals surface area contributed by atoms with Crippen molar-refractivity contribution in [1.82, 2.24) is 10.2 Å². The van der Waals surface area contributed by atoms with Crippen LogP contribution in [0.2, 0.25) is 0 Å². The minimum atomic E-state index is -0.130. The highest BCUT2D eigenvalue weighted by Gasteiger charge is 2.02. The molecule has 0 fully saturated rings. The second-order valence-corrected chi connectivity index (χ2v) is 2.70. The van der Waals surface area contributed by atoms with E-state index in [1.165, 1.54) is 0 Å². The number of aliphatic imine (C=N–C) groups is 1. The van der Waals surface area contributed by atoms with Crippen LogP contribution in [0.5, 0.6) is 0 Å². The van der Waals surface area contributed by atoms with Crippen molar-refractivity contribution in [2.45, 2.75) is 0 Å². The van der Waals surface area contributed by atoms with Crippen molar-refractivity contribution in [2.75, 3.05) is 41.4 Å². The van der Waals surface area contributed by atoms with Crippen LogP contribution in [0.3, 0.4) is 0 Å². The van der Waals surface area contributed by atoms with Crippen molar-refractivity contribution in [1.29, 1.82) is 0 Å². The van der Waals surface area contributed by atoms with Gasteiger partial charge in [0.15, 0.2) is 0 Å². The Balaban J connectivity index is 3.69. The first kappa shape index (κ1) is 11.9. The summed E-state index contributed by atoms with van der Waals surface area (Å²) in [4.78, 5) is 16.6. The van der Waals surface area contributed by atoms with Gasteiger partial charge in [0.2, 0.25) is 5.91 Å². The van der Waals surface area contributed by atoms with Crippen LogP contribution in [0.25, 0.3) is 0 Å². The van der Waals surface area contributed by atoms with Gasteiger partial charge in [-0.3, -0.25) is 9.79 Å². The van der Waals surface area contributed by atoms with Gasteiger partial charge in [-0.1, -0.05) is 0 Å². The van der Waals surface area contributed by atoms with E-state index in [-0.39, 0.29) is 12.5 Å². The summed E-state index contributed by atoms with van der Waals surface area (Å²) in [5, 5.41) is 2.47. The number of rotatable bonds is 4. The Hall–Kier alpha value is -1.10. The third kappa shape index (κ3) is 5.19. The largest absolute Gasteiger partial charge is 0.365 e. The molecule has 0 saturated heterocycles. The van der Waals surface area contributed by atoms with Crippen LogP contribution >= 0.6 is 0 Å². The van der Waals surface area contributed by atoms with Gasteiger partial charge in [-0.15, -0.1) is 0 Å². The van der Waals surface area contributed by atoms with Crippen LogP contribution in [0.15, 0.2) is 4.99 Å². The minimum absolute atomic E-state index is 0.0728. The lowest BCUT2D eigenvalue weighted by Gasteiger charge is -2.14. The molecule has 0 aromatic carbocycles. The lowest BCUT2D eigenvalue weighted by atomic mass is 10.5. The predicted molar refractivity (Wildman–Crippen MR) is 51.9 cm³/mol. The van der Waals surface area contributed by atoms with E-state index < -0.39 is 0 Å². The van der Waals surface area contributed by atoms with Crippen molar-refractivity contribution in [3.8, 4) is 0 Å². The number of carbonyl (C=O) groups excluding carboxylic acids is 1. The molecule has 0 unspecified atom stereocenters. The molecule has 0 aliphatic rings. The summed E-state index contributed by atoms with van der Waals surface area (Å²) in [6.07, 6.45) is 0. The highest BCUT2D eigenvalue weighted by Crippen LogP contribution is 1.85. The van der Waals surface area contributed by atoms with Crippen molar-refractivity contribution in [3.05, 3.63) is 0 Å². The van der Waals surface area contributed by atoms with E-state index >= 15 is 0 Å². The standard InChI is InChI=1S/C8H17N3O2/c1-9-7(11(3)4)5-13-6-8(12)10-2/h5-6H2,1-4H3,(H,10,12). The summed E-state index contributed by atoms with van der Waals surface area (Å²) in [5.41, 5.74) is 0. The normalized spacial score (nSPS) is 11.2. The van der Waals surface area contributed by atoms with Gasteiger partial charge in [0.25, 0.3) is 0 Å². The number of nitrogens with zero attached hydrogens (tertiary/aromatic N) is 2. The Labute approximate surface area is 78.8 Å². The molecule has 0 saturated carbocycles. The molecule has 0 atom stereocenters. The van der Waals surface area contributed by atoms with E-state index in [1.54, 1.807) is 14.1 Å². The van der Waals surface area contributed by atoms with Crippen LogP contribution < -0.4 is 5.32 Å². The highest BCUT2D eigenvalue weighted by molar-refractivity contribution is 5.83. The SMILES string of the molecule is CN=C(COCC(=O)NC)N(C)C. The number of likely N-dealkylation sites (N-methyl/N-ethyl adjacent to an activating group) is 2. The number of nitrogens with one attached hydrogen (secondary N) is 1. The molecule has 0 bridgehead atoms. The van der Waals surface area contributed by atoms with E-state index in [4.69, 9.17) is 4.74 Å². The molecule has 0 aliphatic carbocycles. The predicted octanol–water partition coefficient (Wildman–Crippen LogP) is -0.661. The van der Waals surface area contributed by atoms with Gasteiger partial charge in [-0.25, -0.2) is 0 Å². The van der Waals surface area contributed by atoms with Crippen LogP contribution in [0.4, 0.5) is 0 Å². The molecule has 1 amide bonds. The Bertz CT molecular complexity index is 190. The highest BCUT2D eigenvalue weighted by atomic mass is 16.5. The number of amidine groups is 1. The first-order valence-electron chi connectivity index (χ1n) is 4.03. The summed E-state index contributed by atoms with van der Waals surface area (Å²) in [5.74, 6) is 0.679. The van der Waals surface area contributed by atoms with Gasteiger partial charge in [-0.2, -0.15) is 0 Å². The van der Waals surface area contributed by atoms with Crippen molar-refractivity contribution in [2.24, 2.45) is 4.99 Å². The van der Waals surface area contributed by atoms with Crippen LogP contribution in [0.1, 0.15) is 0 Å². The first-order chi connectivity index (χ1) is 6.11. The zero-order valence-electron chi connectivity index (χ0n) is 8.63. The molecule has 0 heterocycles. The lowest BCUT2D eigenvalue weighted by Crippen LogP contribution is -2.30. The third-order valence-electron chi connectivity index (χ3n) is 1.52. The summed E-state index contributed by atoms with van der Waals surface area (Å²) in [7, 11) is 7.03. The van der Waals surface area contributed by atoms with E-state index in [1.807, 2.05) is 19.0 Å². The molecule has 0 aromatic heterocycles. The maximum Gasteiger partial charge on any atom is 0.245 e. The maximum absolute atomic E-state index is 10.8. The summed E-state index contributed by atoms with van der Waals surface area (Å²) >= 11 is 0. The fourth-order valence-corrected chi connectivity index (χ4v) is 0.701. The van der Waals surface area contributed by atoms with E-state index in [2.05, 4.69) is 10.3 Å². The monoisotopic (exact) mass is 187 g/mol. The smallest absolute Gasteiger partial charge is 0.245 e. The van der Waals surface area contributed by atoms with Crippen molar-refractivity contribution < 1.29 is 9.53 Å². The fraction of sp³-hybridized carbons (Fsp3) is 0.750. The van der Waals surface area contributed by atoms with E-state index in [0.29, 0.717) is 6.61 Å². The molecule has 13 heavy (non-hydrogen) atoms. The molecule has 0 rings (SSSR count). The van der Waals surface area contributed by atoms with Crippen LogP contribution in [0, 0.1) is 0 Å². The molecule has 0 aliphatic heterocycles. The van der Waals surface area contributed by atoms with Crippen LogP contribution in [-0.4, -0.2) is 58.0 Å². The molecule has 1 N–H and O–H groups in total. The zero-order valence-corrected chi connectivity index (χ0v) is 8.63. The average molecular weight is 187 g/mol. The Kier molecular flexibility index (Phi) is 5.88. The number of amides is 1. The summed E-state index contributed by atoms with van der Waals surface area (Å²) in [6, 6.07) is 0. The van der Waals surface area contributed by atoms with Crippen molar-refractivity contribution in [3.63, 3.8) is 0 Å². The second-order valence-electron chi connectivity index (χ2n) is 2.70. The quantitative estimate of drug-likeness (QED) is 0.469. The molecular weight excluding hydrogens is 170 g/mol. The minimum Gasteiger partial charge on any atom is -0.365 e. The molecule has 76 valence electrons. The Morgan fingerprint density at radius 1 is 1.46 bits per heavy atom. The Morgan fingerprint density at radius 3 is 2.46 bits per heavy atom. The average Bonchev–Trinajstić information content (AvgIpc) is 2.11. The van der Waals surface area contributed by atoms with Gasteiger partial charge >= 0.3 is 0 Å². The van der Waals surface area contributed by atoms with E-state index in [0.717, 1.165) is 5.84 Å². The third-order valence-corrected chi connectivity index (χ3v) is 1.52. The number of ether oxygens (including phenoxy) is 1. The van der Waals surface area contributed by atoms with E-state index in [9.17, 15) is 4.79 Å². The molecular formula is C8H17N3O2. The molecule has 5 heteroatoms. The van der Waals surface area contributed by atoms with Gasteiger partial charge in [-0.05, 0) is 0 Å². The second kappa shape index (κ2) is 6.42. The first-order valence-corrected chi connectivity index (χ1v) is 4.03. The van der Waals surface area contributed by atoms with Gasteiger partial charge < -0.3 is 15.0 Å².